The van der Waals surface area contributed by atoms with Gasteiger partial charge in [-0.1, -0.05) is 12.1 Å². The predicted octanol–water partition coefficient (Wildman–Crippen LogP) is 2.84. The zero-order valence-corrected chi connectivity index (χ0v) is 18.5. The first-order valence-corrected chi connectivity index (χ1v) is 10.9. The average Bonchev–Trinajstić information content (AvgIpc) is 3.54. The molecule has 2 heterocycles. The number of nitrogens with one attached hydrogen (secondary N) is 1. The quantitative estimate of drug-likeness (QED) is 0.512. The van der Waals surface area contributed by atoms with Crippen molar-refractivity contribution in [1.82, 2.24) is 4.98 Å². The molecule has 2 fully saturated rings. The first-order valence-electron chi connectivity index (χ1n) is 10.9. The summed E-state index contributed by atoms with van der Waals surface area (Å²) in [5, 5.41) is 0. The van der Waals surface area contributed by atoms with Crippen LogP contribution in [0.25, 0.3) is 11.1 Å². The maximum absolute atomic E-state index is 13.6. The molecule has 1 aromatic heterocycles. The molecular weight excluding hydrogens is 476 g/mol. The van der Waals surface area contributed by atoms with Gasteiger partial charge < -0.3 is 29.7 Å². The average molecular weight is 500 g/mol. The maximum atomic E-state index is 13.6. The van der Waals surface area contributed by atoms with Crippen molar-refractivity contribution in [3.05, 3.63) is 51.9 Å². The van der Waals surface area contributed by atoms with Crippen molar-refractivity contribution < 1.29 is 41.3 Å². The van der Waals surface area contributed by atoms with E-state index in [1.807, 2.05) is 0 Å². The molecule has 2 aromatic rings. The summed E-state index contributed by atoms with van der Waals surface area (Å²) in [5.74, 6) is -0.784. The summed E-state index contributed by atoms with van der Waals surface area (Å²) < 4.78 is 76.4. The van der Waals surface area contributed by atoms with Gasteiger partial charge in [0.2, 0.25) is 0 Å². The first kappa shape index (κ1) is 25.1. The highest BCUT2D eigenvalue weighted by Crippen LogP contribution is 2.40. The van der Waals surface area contributed by atoms with Crippen molar-refractivity contribution in [3.63, 3.8) is 0 Å². The van der Waals surface area contributed by atoms with E-state index in [-0.39, 0.29) is 38.1 Å². The van der Waals surface area contributed by atoms with E-state index in [2.05, 4.69) is 0 Å². The number of ether oxygens (including phenoxy) is 4. The minimum atomic E-state index is -4.86. The fraction of sp³-hybridized carbons (Fsp3) is 0.478. The topological polar surface area (TPSA) is 113 Å². The summed E-state index contributed by atoms with van der Waals surface area (Å²) in [6.07, 6.45) is -4.61. The van der Waals surface area contributed by atoms with Crippen LogP contribution < -0.4 is 16.0 Å². The molecule has 12 heteroatoms. The van der Waals surface area contributed by atoms with Gasteiger partial charge in [0.15, 0.2) is 0 Å². The van der Waals surface area contributed by atoms with Crippen LogP contribution in [0.1, 0.15) is 28.9 Å². The number of rotatable bonds is 9. The number of aromatic nitrogens is 1. The third kappa shape index (κ3) is 6.38. The molecule has 190 valence electrons. The van der Waals surface area contributed by atoms with Gasteiger partial charge in [-0.15, -0.1) is 0 Å². The molecule has 1 saturated heterocycles. The van der Waals surface area contributed by atoms with Gasteiger partial charge in [0, 0.05) is 5.56 Å². The van der Waals surface area contributed by atoms with Crippen molar-refractivity contribution >= 4 is 5.91 Å². The predicted molar refractivity (Wildman–Crippen MR) is 115 cm³/mol. The molecule has 4 rings (SSSR count). The number of H-pyrrole nitrogens is 1. The number of hydrogen-bond donors (Lipinski definition) is 2. The van der Waals surface area contributed by atoms with Crippen molar-refractivity contribution in [2.45, 2.75) is 36.9 Å². The van der Waals surface area contributed by atoms with Crippen LogP contribution in [0.4, 0.5) is 17.6 Å². The molecule has 2 atom stereocenters. The standard InChI is InChI=1S/C23H24F4N2O6/c24-22(5-6-22)12-33-10-15-8-32-9-16(35-15)11-34-14-3-1-13(2-4-14)17-7-18(20(28)30)21(31)29-19(17)23(25,26)27/h1-4,7,15-16H,5-6,8-12H2,(H2,28,30)(H,29,31). The van der Waals surface area contributed by atoms with Gasteiger partial charge in [0.05, 0.1) is 26.4 Å². The Kier molecular flexibility index (Phi) is 7.15. The number of alkyl halides is 4. The largest absolute Gasteiger partial charge is 0.491 e. The van der Waals surface area contributed by atoms with Crippen LogP contribution >= 0.6 is 0 Å². The molecule has 0 spiro atoms. The number of aromatic amines is 1. The van der Waals surface area contributed by atoms with Gasteiger partial charge in [-0.25, -0.2) is 4.39 Å². The number of carbonyl (C=O) groups excluding carboxylic acids is 1. The van der Waals surface area contributed by atoms with E-state index in [1.165, 1.54) is 24.3 Å². The molecule has 35 heavy (non-hydrogen) atoms. The Labute approximate surface area is 197 Å². The second-order valence-electron chi connectivity index (χ2n) is 8.58. The Morgan fingerprint density at radius 3 is 2.40 bits per heavy atom. The Morgan fingerprint density at radius 2 is 1.80 bits per heavy atom. The normalized spacial score (nSPS) is 21.5. The Morgan fingerprint density at radius 1 is 1.14 bits per heavy atom. The van der Waals surface area contributed by atoms with E-state index in [9.17, 15) is 27.2 Å². The zero-order chi connectivity index (χ0) is 25.2. The Bertz CT molecular complexity index is 1110. The molecule has 1 saturated carbocycles. The minimum absolute atomic E-state index is 0.0344. The molecule has 1 amide bonds. The lowest BCUT2D eigenvalue weighted by Gasteiger charge is -2.30. The monoisotopic (exact) mass is 500 g/mol. The summed E-state index contributed by atoms with van der Waals surface area (Å²) in [4.78, 5) is 24.9. The van der Waals surface area contributed by atoms with Crippen LogP contribution in [0, 0.1) is 0 Å². The number of hydrogen-bond acceptors (Lipinski definition) is 6. The molecule has 0 bridgehead atoms. The van der Waals surface area contributed by atoms with E-state index in [0.717, 1.165) is 6.07 Å². The highest BCUT2D eigenvalue weighted by atomic mass is 19.4. The summed E-state index contributed by atoms with van der Waals surface area (Å²) >= 11 is 0. The lowest BCUT2D eigenvalue weighted by atomic mass is 10.0. The summed E-state index contributed by atoms with van der Waals surface area (Å²) in [5.41, 5.74) is 0.507. The smallest absolute Gasteiger partial charge is 0.431 e. The fourth-order valence-corrected chi connectivity index (χ4v) is 3.59. The molecule has 1 aliphatic heterocycles. The van der Waals surface area contributed by atoms with Crippen LogP contribution in [-0.4, -0.2) is 61.8 Å². The van der Waals surface area contributed by atoms with E-state index in [1.54, 1.807) is 4.98 Å². The highest BCUT2D eigenvalue weighted by molar-refractivity contribution is 5.94. The van der Waals surface area contributed by atoms with E-state index >= 15 is 0 Å². The molecule has 8 nitrogen and oxygen atoms in total. The molecule has 1 aromatic carbocycles. The molecule has 0 radical (unpaired) electrons. The van der Waals surface area contributed by atoms with Crippen LogP contribution in [-0.2, 0) is 20.4 Å². The molecule has 1 aliphatic carbocycles. The van der Waals surface area contributed by atoms with Crippen molar-refractivity contribution in [2.75, 3.05) is 33.0 Å². The molecular formula is C23H24F4N2O6. The Balaban J connectivity index is 1.38. The van der Waals surface area contributed by atoms with E-state index < -0.39 is 46.2 Å². The van der Waals surface area contributed by atoms with Crippen LogP contribution in [0.2, 0.25) is 0 Å². The number of benzene rings is 1. The molecule has 2 aliphatic rings. The third-order valence-electron chi connectivity index (χ3n) is 5.64. The van der Waals surface area contributed by atoms with Crippen LogP contribution in [0.5, 0.6) is 5.75 Å². The fourth-order valence-electron chi connectivity index (χ4n) is 3.59. The number of halogens is 4. The lowest BCUT2D eigenvalue weighted by Crippen LogP contribution is -2.42. The van der Waals surface area contributed by atoms with Crippen LogP contribution in [0.3, 0.4) is 0 Å². The Hall–Kier alpha value is -2.96. The van der Waals surface area contributed by atoms with E-state index in [0.29, 0.717) is 25.2 Å². The minimum Gasteiger partial charge on any atom is -0.491 e. The third-order valence-corrected chi connectivity index (χ3v) is 5.64. The summed E-state index contributed by atoms with van der Waals surface area (Å²) in [7, 11) is 0. The molecule has 2 unspecified atom stereocenters. The second kappa shape index (κ2) is 9.96. The first-order chi connectivity index (χ1) is 16.5. The SMILES string of the molecule is NC(=O)c1cc(-c2ccc(OCC3COCC(COCC4(F)CC4)O3)cc2)c(C(F)(F)F)[nH]c1=O. The summed E-state index contributed by atoms with van der Waals surface area (Å²) in [6.45, 7) is 0.945. The number of amides is 1. The van der Waals surface area contributed by atoms with Gasteiger partial charge in [0.1, 0.15) is 41.5 Å². The van der Waals surface area contributed by atoms with Crippen molar-refractivity contribution in [2.24, 2.45) is 5.73 Å². The number of carbonyl (C=O) groups is 1. The van der Waals surface area contributed by atoms with Crippen LogP contribution in [0.15, 0.2) is 35.1 Å². The highest BCUT2D eigenvalue weighted by Gasteiger charge is 2.43. The molecule has 3 N–H and O–H groups in total. The summed E-state index contributed by atoms with van der Waals surface area (Å²) in [6, 6.07) is 6.45. The van der Waals surface area contributed by atoms with Gasteiger partial charge in [-0.3, -0.25) is 9.59 Å². The second-order valence-corrected chi connectivity index (χ2v) is 8.58. The van der Waals surface area contributed by atoms with Gasteiger partial charge in [-0.05, 0) is 36.6 Å². The van der Waals surface area contributed by atoms with Crippen molar-refractivity contribution in [1.29, 1.82) is 0 Å². The van der Waals surface area contributed by atoms with Gasteiger partial charge >= 0.3 is 6.18 Å². The zero-order valence-electron chi connectivity index (χ0n) is 18.5. The van der Waals surface area contributed by atoms with Crippen molar-refractivity contribution in [3.8, 4) is 16.9 Å². The maximum Gasteiger partial charge on any atom is 0.431 e. The number of pyridine rings is 1. The van der Waals surface area contributed by atoms with Gasteiger partial charge in [-0.2, -0.15) is 13.2 Å². The number of nitrogens with two attached hydrogens (primary N) is 1. The number of primary amides is 1. The van der Waals surface area contributed by atoms with E-state index in [4.69, 9.17) is 24.7 Å². The van der Waals surface area contributed by atoms with Gasteiger partial charge in [0.25, 0.3) is 11.5 Å². The lowest BCUT2D eigenvalue weighted by molar-refractivity contribution is -0.167.